The summed E-state index contributed by atoms with van der Waals surface area (Å²) in [6, 6.07) is 14.3. The van der Waals surface area contributed by atoms with Crippen LogP contribution < -0.4 is 4.90 Å². The van der Waals surface area contributed by atoms with E-state index in [0.29, 0.717) is 18.3 Å². The van der Waals surface area contributed by atoms with Crippen LogP contribution in [0.1, 0.15) is 5.89 Å². The lowest BCUT2D eigenvalue weighted by Gasteiger charge is -2.22. The molecule has 2 aromatic heterocycles. The lowest BCUT2D eigenvalue weighted by Crippen LogP contribution is -2.30. The van der Waals surface area contributed by atoms with Crippen molar-refractivity contribution < 1.29 is 4.52 Å². The van der Waals surface area contributed by atoms with Gasteiger partial charge in [-0.15, -0.1) is 11.3 Å². The minimum Gasteiger partial charge on any atom is -0.373 e. The van der Waals surface area contributed by atoms with Gasteiger partial charge >= 0.3 is 0 Å². The van der Waals surface area contributed by atoms with E-state index >= 15 is 0 Å². The van der Waals surface area contributed by atoms with E-state index < -0.39 is 0 Å². The average Bonchev–Trinajstić information content (AvgIpc) is 3.22. The van der Waals surface area contributed by atoms with Crippen molar-refractivity contribution in [2.24, 2.45) is 0 Å². The Bertz CT molecular complexity index is 774. The van der Waals surface area contributed by atoms with Crippen LogP contribution in [0.5, 0.6) is 0 Å². The SMILES string of the molecule is CN(CCN(C)c1ccccc1)Cc1nc(-c2ccc(Br)s2)no1. The molecule has 3 rings (SSSR count). The van der Waals surface area contributed by atoms with Crippen LogP contribution in [-0.4, -0.2) is 42.2 Å². The predicted molar refractivity (Wildman–Crippen MR) is 101 cm³/mol. The fourth-order valence-electron chi connectivity index (χ4n) is 2.30. The highest BCUT2D eigenvalue weighted by Gasteiger charge is 2.12. The summed E-state index contributed by atoms with van der Waals surface area (Å²) in [5.41, 5.74) is 1.22. The van der Waals surface area contributed by atoms with E-state index in [4.69, 9.17) is 4.52 Å². The molecule has 1 aromatic carbocycles. The lowest BCUT2D eigenvalue weighted by molar-refractivity contribution is 0.271. The van der Waals surface area contributed by atoms with Crippen molar-refractivity contribution in [3.63, 3.8) is 0 Å². The van der Waals surface area contributed by atoms with Gasteiger partial charge in [-0.2, -0.15) is 4.98 Å². The molecule has 3 aromatic rings. The van der Waals surface area contributed by atoms with Gasteiger partial charge in [0.25, 0.3) is 0 Å². The molecule has 0 N–H and O–H groups in total. The molecule has 7 heteroatoms. The Hall–Kier alpha value is -1.70. The van der Waals surface area contributed by atoms with Gasteiger partial charge in [-0.25, -0.2) is 0 Å². The van der Waals surface area contributed by atoms with E-state index in [2.05, 4.69) is 74.2 Å². The number of benzene rings is 1. The maximum Gasteiger partial charge on any atom is 0.241 e. The van der Waals surface area contributed by atoms with Crippen molar-refractivity contribution in [2.45, 2.75) is 6.54 Å². The zero-order chi connectivity index (χ0) is 16.9. The molecule has 5 nitrogen and oxygen atoms in total. The topological polar surface area (TPSA) is 45.4 Å². The summed E-state index contributed by atoms with van der Waals surface area (Å²) < 4.78 is 6.43. The van der Waals surface area contributed by atoms with Gasteiger partial charge in [-0.05, 0) is 47.2 Å². The standard InChI is InChI=1S/C17H19BrN4OS/c1-21(10-11-22(2)13-6-4-3-5-7-13)12-16-19-17(20-23-16)14-8-9-15(18)24-14/h3-9H,10-12H2,1-2H3. The smallest absolute Gasteiger partial charge is 0.241 e. The van der Waals surface area contributed by atoms with Crippen LogP contribution in [0.25, 0.3) is 10.7 Å². The van der Waals surface area contributed by atoms with Crippen molar-refractivity contribution in [1.82, 2.24) is 15.0 Å². The molecule has 0 fully saturated rings. The molecular formula is C17H19BrN4OS. The molecule has 0 saturated carbocycles. The van der Waals surface area contributed by atoms with Crippen LogP contribution in [0.2, 0.25) is 0 Å². The van der Waals surface area contributed by atoms with E-state index in [9.17, 15) is 0 Å². The van der Waals surface area contributed by atoms with Gasteiger partial charge in [0.2, 0.25) is 11.7 Å². The van der Waals surface area contributed by atoms with Gasteiger partial charge in [0.1, 0.15) is 0 Å². The highest BCUT2D eigenvalue weighted by molar-refractivity contribution is 9.11. The first-order valence-electron chi connectivity index (χ1n) is 7.65. The fraction of sp³-hybridized carbons (Fsp3) is 0.294. The molecule has 0 spiro atoms. The van der Waals surface area contributed by atoms with Crippen molar-refractivity contribution in [2.75, 3.05) is 32.1 Å². The van der Waals surface area contributed by atoms with E-state index in [-0.39, 0.29) is 0 Å². The van der Waals surface area contributed by atoms with Crippen LogP contribution in [0.15, 0.2) is 50.8 Å². The number of thiophene rings is 1. The Morgan fingerprint density at radius 2 is 1.88 bits per heavy atom. The van der Waals surface area contributed by atoms with Crippen LogP contribution in [0.3, 0.4) is 0 Å². The number of rotatable bonds is 7. The Morgan fingerprint density at radius 3 is 2.58 bits per heavy atom. The summed E-state index contributed by atoms with van der Waals surface area (Å²) >= 11 is 5.05. The summed E-state index contributed by atoms with van der Waals surface area (Å²) in [6.07, 6.45) is 0. The van der Waals surface area contributed by atoms with Gasteiger partial charge in [-0.1, -0.05) is 23.4 Å². The molecule has 0 amide bonds. The van der Waals surface area contributed by atoms with Crippen molar-refractivity contribution in [3.05, 3.63) is 52.1 Å². The third-order valence-electron chi connectivity index (χ3n) is 3.68. The minimum atomic E-state index is 0.638. The lowest BCUT2D eigenvalue weighted by atomic mass is 10.3. The third-order valence-corrected chi connectivity index (χ3v) is 5.30. The number of nitrogens with zero attached hydrogens (tertiary/aromatic N) is 4. The monoisotopic (exact) mass is 406 g/mol. The Labute approximate surface area is 154 Å². The molecule has 2 heterocycles. The molecule has 0 aliphatic heterocycles. The Balaban J connectivity index is 1.52. The first-order valence-corrected chi connectivity index (χ1v) is 9.26. The number of para-hydroxylation sites is 1. The zero-order valence-electron chi connectivity index (χ0n) is 13.6. The number of hydrogen-bond acceptors (Lipinski definition) is 6. The summed E-state index contributed by atoms with van der Waals surface area (Å²) in [4.78, 5) is 9.90. The van der Waals surface area contributed by atoms with E-state index in [1.807, 2.05) is 18.2 Å². The fourth-order valence-corrected chi connectivity index (χ4v) is 3.61. The van der Waals surface area contributed by atoms with Crippen molar-refractivity contribution >= 4 is 33.0 Å². The number of likely N-dealkylation sites (N-methyl/N-ethyl adjacent to an activating group) is 2. The minimum absolute atomic E-state index is 0.638. The second kappa shape index (κ2) is 7.92. The second-order valence-corrected chi connectivity index (χ2v) is 8.07. The molecule has 24 heavy (non-hydrogen) atoms. The average molecular weight is 407 g/mol. The second-order valence-electron chi connectivity index (χ2n) is 5.61. The quantitative estimate of drug-likeness (QED) is 0.590. The van der Waals surface area contributed by atoms with Crippen molar-refractivity contribution in [3.8, 4) is 10.7 Å². The molecule has 0 aliphatic rings. The van der Waals surface area contributed by atoms with Gasteiger partial charge in [0.15, 0.2) is 0 Å². The van der Waals surface area contributed by atoms with Crippen LogP contribution >= 0.6 is 27.3 Å². The zero-order valence-corrected chi connectivity index (χ0v) is 16.0. The molecule has 0 aliphatic carbocycles. The van der Waals surface area contributed by atoms with Gasteiger partial charge in [0, 0.05) is 25.8 Å². The molecule has 0 radical (unpaired) electrons. The molecule has 0 unspecified atom stereocenters. The highest BCUT2D eigenvalue weighted by Crippen LogP contribution is 2.29. The Morgan fingerprint density at radius 1 is 1.08 bits per heavy atom. The first kappa shape index (κ1) is 17.1. The molecule has 126 valence electrons. The summed E-state index contributed by atoms with van der Waals surface area (Å²) in [7, 11) is 4.16. The third kappa shape index (κ3) is 4.43. The van der Waals surface area contributed by atoms with E-state index in [0.717, 1.165) is 21.8 Å². The molecule has 0 saturated heterocycles. The number of anilines is 1. The van der Waals surface area contributed by atoms with Crippen molar-refractivity contribution in [1.29, 1.82) is 0 Å². The maximum atomic E-state index is 5.37. The first-order chi connectivity index (χ1) is 11.6. The van der Waals surface area contributed by atoms with Gasteiger partial charge in [-0.3, -0.25) is 4.90 Å². The number of hydrogen-bond donors (Lipinski definition) is 0. The Kier molecular flexibility index (Phi) is 5.65. The van der Waals surface area contributed by atoms with Gasteiger partial charge in [0.05, 0.1) is 15.2 Å². The van der Waals surface area contributed by atoms with E-state index in [1.165, 1.54) is 5.69 Å². The van der Waals surface area contributed by atoms with Crippen LogP contribution in [-0.2, 0) is 6.54 Å². The van der Waals surface area contributed by atoms with Crippen LogP contribution in [0.4, 0.5) is 5.69 Å². The number of aromatic nitrogens is 2. The predicted octanol–water partition coefficient (Wildman–Crippen LogP) is 4.13. The van der Waals surface area contributed by atoms with Gasteiger partial charge < -0.3 is 9.42 Å². The highest BCUT2D eigenvalue weighted by atomic mass is 79.9. The largest absolute Gasteiger partial charge is 0.373 e. The molecule has 0 bridgehead atoms. The summed E-state index contributed by atoms with van der Waals surface area (Å²) in [5, 5.41) is 4.06. The molecular weight excluding hydrogens is 388 g/mol. The summed E-state index contributed by atoms with van der Waals surface area (Å²) in [6.45, 7) is 2.48. The molecule has 0 atom stereocenters. The van der Waals surface area contributed by atoms with Crippen LogP contribution in [0, 0.1) is 0 Å². The maximum absolute atomic E-state index is 5.37. The summed E-state index contributed by atoms with van der Waals surface area (Å²) in [5.74, 6) is 1.29. The normalized spacial score (nSPS) is 11.2. The number of halogens is 1. The van der Waals surface area contributed by atoms with E-state index in [1.54, 1.807) is 11.3 Å².